The number of hydrogen-bond acceptors (Lipinski definition) is 7. The maximum atomic E-state index is 11.4. The molecule has 3 aromatic carbocycles. The number of aromatic nitrogens is 1. The highest BCUT2D eigenvalue weighted by Crippen LogP contribution is 2.33. The third-order valence-electron chi connectivity index (χ3n) is 5.86. The molecule has 1 aromatic heterocycles. The lowest BCUT2D eigenvalue weighted by molar-refractivity contribution is -0.384. The lowest BCUT2D eigenvalue weighted by Gasteiger charge is -2.08. The number of rotatable bonds is 6. The van der Waals surface area contributed by atoms with E-state index in [0.717, 1.165) is 17.0 Å². The number of hydrogen-bond donors (Lipinski definition) is 0. The predicted molar refractivity (Wildman–Crippen MR) is 140 cm³/mol. The first-order chi connectivity index (χ1) is 17.4. The Balaban J connectivity index is 1.64. The Bertz CT molecular complexity index is 1530. The van der Waals surface area contributed by atoms with E-state index in [-0.39, 0.29) is 12.5 Å². The number of non-ortho nitro benzene ring substituents is 1. The van der Waals surface area contributed by atoms with E-state index in [1.54, 1.807) is 16.8 Å². The van der Waals surface area contributed by atoms with Crippen LogP contribution in [0.2, 0.25) is 0 Å². The maximum absolute atomic E-state index is 11.4. The number of benzene rings is 3. The van der Waals surface area contributed by atoms with Crippen LogP contribution in [0.5, 0.6) is 11.5 Å². The molecular formula is C27H24N4O4S. The second-order valence-corrected chi connectivity index (χ2v) is 9.47. The molecule has 0 aliphatic carbocycles. The molecule has 0 amide bonds. The SMILES string of the molecule is CC(=Nn1c(-c2cccc([N+](=O)[O-])c2)csc1=Nc1ccc(C(C)C)cc1)c1ccc2c(c1)OCO2. The van der Waals surface area contributed by atoms with E-state index in [1.807, 2.05) is 48.7 Å². The number of nitrogens with zero attached hydrogens (tertiary/aromatic N) is 4. The molecule has 0 unspecified atom stereocenters. The molecule has 0 atom stereocenters. The Labute approximate surface area is 211 Å². The van der Waals surface area contributed by atoms with Crippen molar-refractivity contribution < 1.29 is 14.4 Å². The number of nitro benzene ring substituents is 1. The van der Waals surface area contributed by atoms with Gasteiger partial charge in [0.15, 0.2) is 11.5 Å². The molecule has 0 radical (unpaired) electrons. The van der Waals surface area contributed by atoms with Gasteiger partial charge in [0.2, 0.25) is 11.6 Å². The van der Waals surface area contributed by atoms with Gasteiger partial charge in [-0.2, -0.15) is 5.10 Å². The van der Waals surface area contributed by atoms with Crippen LogP contribution in [-0.4, -0.2) is 22.1 Å². The highest BCUT2D eigenvalue weighted by Gasteiger charge is 2.16. The van der Waals surface area contributed by atoms with Gasteiger partial charge in [0.05, 0.1) is 22.0 Å². The van der Waals surface area contributed by atoms with E-state index in [0.29, 0.717) is 33.5 Å². The summed E-state index contributed by atoms with van der Waals surface area (Å²) in [7, 11) is 0. The van der Waals surface area contributed by atoms with Crippen molar-refractivity contribution >= 4 is 28.4 Å². The smallest absolute Gasteiger partial charge is 0.270 e. The summed E-state index contributed by atoms with van der Waals surface area (Å²) >= 11 is 1.42. The van der Waals surface area contributed by atoms with E-state index in [1.165, 1.54) is 23.0 Å². The highest BCUT2D eigenvalue weighted by atomic mass is 32.1. The quantitative estimate of drug-likeness (QED) is 0.172. The lowest BCUT2D eigenvalue weighted by Crippen LogP contribution is -2.13. The summed E-state index contributed by atoms with van der Waals surface area (Å²) in [5, 5.41) is 18.2. The van der Waals surface area contributed by atoms with Crippen molar-refractivity contribution in [2.75, 3.05) is 6.79 Å². The highest BCUT2D eigenvalue weighted by molar-refractivity contribution is 7.07. The molecule has 0 saturated carbocycles. The fraction of sp³-hybridized carbons (Fsp3) is 0.185. The molecule has 0 spiro atoms. The van der Waals surface area contributed by atoms with Gasteiger partial charge in [-0.15, -0.1) is 11.3 Å². The number of fused-ring (bicyclic) bond motifs is 1. The molecule has 0 saturated heterocycles. The van der Waals surface area contributed by atoms with Crippen molar-refractivity contribution in [2.45, 2.75) is 26.7 Å². The molecule has 36 heavy (non-hydrogen) atoms. The minimum atomic E-state index is -0.400. The summed E-state index contributed by atoms with van der Waals surface area (Å²) in [6, 6.07) is 20.3. The van der Waals surface area contributed by atoms with E-state index < -0.39 is 4.92 Å². The van der Waals surface area contributed by atoms with E-state index >= 15 is 0 Å². The minimum absolute atomic E-state index is 0.0180. The molecule has 2 heterocycles. The van der Waals surface area contributed by atoms with Crippen molar-refractivity contribution in [2.24, 2.45) is 10.1 Å². The van der Waals surface area contributed by atoms with Gasteiger partial charge in [0.1, 0.15) is 0 Å². The third-order valence-corrected chi connectivity index (χ3v) is 6.68. The van der Waals surface area contributed by atoms with E-state index in [4.69, 9.17) is 19.6 Å². The lowest BCUT2D eigenvalue weighted by atomic mass is 10.0. The van der Waals surface area contributed by atoms with Crippen molar-refractivity contribution in [3.63, 3.8) is 0 Å². The van der Waals surface area contributed by atoms with Crippen LogP contribution in [0.3, 0.4) is 0 Å². The molecule has 182 valence electrons. The second kappa shape index (κ2) is 9.79. The summed E-state index contributed by atoms with van der Waals surface area (Å²) in [4.78, 5) is 16.5. The van der Waals surface area contributed by atoms with Gasteiger partial charge in [0.25, 0.3) is 5.69 Å². The molecule has 1 aliphatic rings. The summed E-state index contributed by atoms with van der Waals surface area (Å²) in [6.07, 6.45) is 0. The standard InChI is InChI=1S/C27H24N4O4S/c1-17(2)19-7-10-22(11-8-19)28-27-30(24(15-36-27)21-5-4-6-23(13-21)31(32)33)29-18(3)20-9-12-25-26(14-20)35-16-34-25/h4-15,17H,16H2,1-3H3. The second-order valence-electron chi connectivity index (χ2n) is 8.63. The van der Waals surface area contributed by atoms with Gasteiger partial charge >= 0.3 is 0 Å². The van der Waals surface area contributed by atoms with E-state index in [9.17, 15) is 10.1 Å². The largest absolute Gasteiger partial charge is 0.454 e. The fourth-order valence-electron chi connectivity index (χ4n) is 3.82. The normalized spacial score (nSPS) is 13.4. The maximum Gasteiger partial charge on any atom is 0.270 e. The van der Waals surface area contributed by atoms with Crippen LogP contribution in [0, 0.1) is 10.1 Å². The zero-order valence-electron chi connectivity index (χ0n) is 20.0. The van der Waals surface area contributed by atoms with Gasteiger partial charge in [0, 0.05) is 28.6 Å². The molecule has 5 rings (SSSR count). The van der Waals surface area contributed by atoms with Crippen molar-refractivity contribution in [3.05, 3.63) is 98.2 Å². The van der Waals surface area contributed by atoms with Gasteiger partial charge in [-0.1, -0.05) is 38.1 Å². The first-order valence-electron chi connectivity index (χ1n) is 11.4. The van der Waals surface area contributed by atoms with Crippen LogP contribution in [0.4, 0.5) is 11.4 Å². The average Bonchev–Trinajstić information content (AvgIpc) is 3.51. The van der Waals surface area contributed by atoms with Crippen LogP contribution < -0.4 is 14.3 Å². The minimum Gasteiger partial charge on any atom is -0.454 e. The summed E-state index contributed by atoms with van der Waals surface area (Å²) in [5.41, 5.74) is 5.05. The Morgan fingerprint density at radius 3 is 2.58 bits per heavy atom. The monoisotopic (exact) mass is 500 g/mol. The van der Waals surface area contributed by atoms with Crippen LogP contribution in [0.25, 0.3) is 11.3 Å². The number of ether oxygens (including phenoxy) is 2. The number of nitro groups is 1. The summed E-state index contributed by atoms with van der Waals surface area (Å²) < 4.78 is 12.7. The molecular weight excluding hydrogens is 476 g/mol. The molecule has 8 nitrogen and oxygen atoms in total. The average molecular weight is 501 g/mol. The van der Waals surface area contributed by atoms with Gasteiger partial charge in [-0.05, 0) is 48.7 Å². The molecule has 0 bridgehead atoms. The topological polar surface area (TPSA) is 91.2 Å². The molecule has 9 heteroatoms. The first-order valence-corrected chi connectivity index (χ1v) is 12.3. The van der Waals surface area contributed by atoms with Crippen LogP contribution >= 0.6 is 11.3 Å². The zero-order valence-corrected chi connectivity index (χ0v) is 20.9. The Kier molecular flexibility index (Phi) is 6.39. The Morgan fingerprint density at radius 1 is 1.06 bits per heavy atom. The van der Waals surface area contributed by atoms with Crippen LogP contribution in [0.1, 0.15) is 37.8 Å². The molecule has 4 aromatic rings. The van der Waals surface area contributed by atoms with Crippen LogP contribution in [0.15, 0.2) is 82.2 Å². The Hall–Kier alpha value is -4.24. The summed E-state index contributed by atoms with van der Waals surface area (Å²) in [6.45, 7) is 6.40. The van der Waals surface area contributed by atoms with Crippen molar-refractivity contribution in [3.8, 4) is 22.8 Å². The van der Waals surface area contributed by atoms with E-state index in [2.05, 4.69) is 26.0 Å². The van der Waals surface area contributed by atoms with Crippen molar-refractivity contribution in [1.82, 2.24) is 4.68 Å². The molecule has 0 fully saturated rings. The Morgan fingerprint density at radius 2 is 1.83 bits per heavy atom. The van der Waals surface area contributed by atoms with Gasteiger partial charge in [-0.25, -0.2) is 9.67 Å². The molecule has 0 N–H and O–H groups in total. The van der Waals surface area contributed by atoms with Gasteiger partial charge in [-0.3, -0.25) is 10.1 Å². The van der Waals surface area contributed by atoms with Crippen LogP contribution in [-0.2, 0) is 0 Å². The first kappa shape index (κ1) is 23.5. The fourth-order valence-corrected chi connectivity index (χ4v) is 4.67. The summed E-state index contributed by atoms with van der Waals surface area (Å²) in [5.74, 6) is 1.80. The van der Waals surface area contributed by atoms with Crippen molar-refractivity contribution in [1.29, 1.82) is 0 Å². The molecule has 1 aliphatic heterocycles. The van der Waals surface area contributed by atoms with Gasteiger partial charge < -0.3 is 9.47 Å². The zero-order chi connectivity index (χ0) is 25.2. The third kappa shape index (κ3) is 4.78. The number of thiazole rings is 1. The predicted octanol–water partition coefficient (Wildman–Crippen LogP) is 6.48.